The van der Waals surface area contributed by atoms with Gasteiger partial charge in [0.15, 0.2) is 0 Å². The zero-order valence-corrected chi connectivity index (χ0v) is 22.7. The third kappa shape index (κ3) is 8.48. The van der Waals surface area contributed by atoms with Gasteiger partial charge in [-0.15, -0.1) is 0 Å². The number of fused-ring (bicyclic) bond motifs is 1. The van der Waals surface area contributed by atoms with Gasteiger partial charge >= 0.3 is 0 Å². The molecular weight excluding hydrogens is 420 g/mol. The molecule has 0 bridgehead atoms. The van der Waals surface area contributed by atoms with E-state index in [0.717, 1.165) is 85.9 Å². The van der Waals surface area contributed by atoms with Crippen molar-refractivity contribution in [3.05, 3.63) is 36.0 Å². The maximum atomic E-state index is 6.21. The summed E-state index contributed by atoms with van der Waals surface area (Å²) in [4.78, 5) is 9.56. The normalized spacial score (nSPS) is 14.4. The highest BCUT2D eigenvalue weighted by Crippen LogP contribution is 2.33. The summed E-state index contributed by atoms with van der Waals surface area (Å²) in [5, 5.41) is 8.17. The van der Waals surface area contributed by atoms with Gasteiger partial charge < -0.3 is 21.3 Å². The highest BCUT2D eigenvalue weighted by Gasteiger charge is 2.19. The maximum absolute atomic E-state index is 6.21. The number of pyridine rings is 1. The Balaban J connectivity index is 0.000000945. The van der Waals surface area contributed by atoms with Crippen LogP contribution in [0.1, 0.15) is 66.4 Å². The number of nitrogens with two attached hydrogens (primary N) is 1. The number of nitrogens with one attached hydrogen (secondary N) is 2. The Morgan fingerprint density at radius 1 is 1.12 bits per heavy atom. The van der Waals surface area contributed by atoms with E-state index in [1.54, 1.807) is 0 Å². The Kier molecular flexibility index (Phi) is 11.1. The molecule has 1 aromatic heterocycles. The van der Waals surface area contributed by atoms with E-state index >= 15 is 0 Å². The molecule has 2 heterocycles. The number of unbranched alkanes of at least 4 members (excludes halogenated alkanes) is 1. The van der Waals surface area contributed by atoms with Crippen LogP contribution in [0, 0.1) is 12.8 Å². The van der Waals surface area contributed by atoms with Gasteiger partial charge in [0.1, 0.15) is 5.82 Å². The van der Waals surface area contributed by atoms with Gasteiger partial charge in [0.2, 0.25) is 0 Å². The van der Waals surface area contributed by atoms with Crippen LogP contribution >= 0.6 is 0 Å². The van der Waals surface area contributed by atoms with Crippen LogP contribution in [-0.4, -0.2) is 48.8 Å². The van der Waals surface area contributed by atoms with E-state index < -0.39 is 0 Å². The standard InChI is InChI=1S/C24H38N6.C4H10/c1-6-7-8-18(4)27-23-19(5)24(25)28-22-10-9-20(15-21(22)23)30-13-11-29(12-14-30)16-26-17(2)3;1-4(2)3/h9-10,15,17,26H,4,6-8,11-14,16H2,1-3,5H3,(H3,25,27,28);4H,1-3H3. The Morgan fingerprint density at radius 2 is 1.76 bits per heavy atom. The fourth-order valence-corrected chi connectivity index (χ4v) is 3.83. The second kappa shape index (κ2) is 13.5. The van der Waals surface area contributed by atoms with E-state index in [-0.39, 0.29) is 0 Å². The Bertz CT molecular complexity index is 910. The van der Waals surface area contributed by atoms with Crippen LogP contribution in [0.3, 0.4) is 0 Å². The number of benzene rings is 1. The summed E-state index contributed by atoms with van der Waals surface area (Å²) in [5.74, 6) is 1.41. The van der Waals surface area contributed by atoms with Crippen LogP contribution in [0.15, 0.2) is 30.5 Å². The first-order chi connectivity index (χ1) is 16.1. The minimum Gasteiger partial charge on any atom is -0.383 e. The summed E-state index contributed by atoms with van der Waals surface area (Å²) in [6.45, 7) is 24.5. The van der Waals surface area contributed by atoms with Crippen molar-refractivity contribution in [1.29, 1.82) is 0 Å². The lowest BCUT2D eigenvalue weighted by atomic mass is 10.1. The SMILES string of the molecule is C=C(CCCC)Nc1c(C)c(N)nc2ccc(N3CCN(CNC(C)C)CC3)cc12.CC(C)C. The molecule has 2 aromatic rings. The highest BCUT2D eigenvalue weighted by molar-refractivity contribution is 5.97. The van der Waals surface area contributed by atoms with E-state index in [9.17, 15) is 0 Å². The van der Waals surface area contributed by atoms with Crippen molar-refractivity contribution in [3.63, 3.8) is 0 Å². The largest absolute Gasteiger partial charge is 0.383 e. The van der Waals surface area contributed by atoms with Gasteiger partial charge in [-0.1, -0.05) is 40.7 Å². The molecule has 1 saturated heterocycles. The number of hydrogen-bond acceptors (Lipinski definition) is 6. The molecule has 1 fully saturated rings. The molecule has 0 unspecified atom stereocenters. The molecule has 1 aliphatic heterocycles. The van der Waals surface area contributed by atoms with Gasteiger partial charge in [-0.3, -0.25) is 4.90 Å². The summed E-state index contributed by atoms with van der Waals surface area (Å²) in [6.07, 6.45) is 3.25. The van der Waals surface area contributed by atoms with Crippen molar-refractivity contribution in [1.82, 2.24) is 15.2 Å². The van der Waals surface area contributed by atoms with E-state index in [4.69, 9.17) is 5.73 Å². The van der Waals surface area contributed by atoms with Gasteiger partial charge in [0.05, 0.1) is 11.2 Å². The number of anilines is 3. The molecular formula is C28H48N6. The number of hydrogen-bond donors (Lipinski definition) is 3. The van der Waals surface area contributed by atoms with Gasteiger partial charge in [-0.25, -0.2) is 4.98 Å². The molecule has 1 aromatic carbocycles. The number of nitrogen functional groups attached to an aromatic ring is 1. The fourth-order valence-electron chi connectivity index (χ4n) is 3.83. The summed E-state index contributed by atoms with van der Waals surface area (Å²) in [7, 11) is 0. The number of nitrogens with zero attached hydrogens (tertiary/aromatic N) is 3. The van der Waals surface area contributed by atoms with Crippen LogP contribution in [-0.2, 0) is 0 Å². The predicted molar refractivity (Wildman–Crippen MR) is 151 cm³/mol. The lowest BCUT2D eigenvalue weighted by Gasteiger charge is -2.36. The fraction of sp³-hybridized carbons (Fsp3) is 0.607. The topological polar surface area (TPSA) is 69.5 Å². The molecule has 4 N–H and O–H groups in total. The summed E-state index contributed by atoms with van der Waals surface area (Å²) in [5.41, 5.74) is 11.4. The molecule has 34 heavy (non-hydrogen) atoms. The van der Waals surface area contributed by atoms with Crippen LogP contribution < -0.4 is 21.3 Å². The van der Waals surface area contributed by atoms with Crippen molar-refractivity contribution in [2.45, 2.75) is 73.8 Å². The average Bonchev–Trinajstić information content (AvgIpc) is 2.79. The number of allylic oxidation sites excluding steroid dienone is 1. The van der Waals surface area contributed by atoms with Crippen LogP contribution in [0.4, 0.5) is 17.2 Å². The van der Waals surface area contributed by atoms with Gasteiger partial charge in [-0.2, -0.15) is 0 Å². The molecule has 6 heteroatoms. The van der Waals surface area contributed by atoms with Crippen molar-refractivity contribution < 1.29 is 0 Å². The summed E-state index contributed by atoms with van der Waals surface area (Å²) >= 11 is 0. The molecule has 0 amide bonds. The first kappa shape index (κ1) is 27.9. The van der Waals surface area contributed by atoms with Crippen molar-refractivity contribution in [3.8, 4) is 0 Å². The third-order valence-corrected chi connectivity index (χ3v) is 5.84. The highest BCUT2D eigenvalue weighted by atomic mass is 15.3. The first-order valence-electron chi connectivity index (χ1n) is 13.0. The van der Waals surface area contributed by atoms with Crippen molar-refractivity contribution in [2.75, 3.05) is 48.8 Å². The zero-order valence-electron chi connectivity index (χ0n) is 22.7. The molecule has 6 nitrogen and oxygen atoms in total. The second-order valence-corrected chi connectivity index (χ2v) is 10.4. The Labute approximate surface area is 208 Å². The molecule has 0 saturated carbocycles. The zero-order chi connectivity index (χ0) is 25.3. The minimum atomic E-state index is 0.518. The van der Waals surface area contributed by atoms with Crippen LogP contribution in [0.2, 0.25) is 0 Å². The average molecular weight is 469 g/mol. The number of aromatic nitrogens is 1. The van der Waals surface area contributed by atoms with E-state index in [1.807, 2.05) is 6.92 Å². The molecule has 190 valence electrons. The van der Waals surface area contributed by atoms with E-state index in [0.29, 0.717) is 11.9 Å². The molecule has 3 rings (SSSR count). The smallest absolute Gasteiger partial charge is 0.129 e. The molecule has 0 spiro atoms. The van der Waals surface area contributed by atoms with Crippen LogP contribution in [0.25, 0.3) is 10.9 Å². The van der Waals surface area contributed by atoms with Crippen molar-refractivity contribution >= 4 is 28.1 Å². The summed E-state index contributed by atoms with van der Waals surface area (Å²) < 4.78 is 0. The lowest BCUT2D eigenvalue weighted by Crippen LogP contribution is -2.50. The number of piperazine rings is 1. The van der Waals surface area contributed by atoms with Gasteiger partial charge in [-0.05, 0) is 57.7 Å². The predicted octanol–water partition coefficient (Wildman–Crippen LogP) is 5.98. The van der Waals surface area contributed by atoms with Gasteiger partial charge in [0.25, 0.3) is 0 Å². The monoisotopic (exact) mass is 468 g/mol. The van der Waals surface area contributed by atoms with Crippen LogP contribution in [0.5, 0.6) is 0 Å². The summed E-state index contributed by atoms with van der Waals surface area (Å²) in [6, 6.07) is 7.03. The maximum Gasteiger partial charge on any atom is 0.129 e. The first-order valence-corrected chi connectivity index (χ1v) is 13.0. The Hall–Kier alpha value is -2.31. The van der Waals surface area contributed by atoms with E-state index in [2.05, 4.69) is 91.7 Å². The lowest BCUT2D eigenvalue weighted by molar-refractivity contribution is 0.231. The number of rotatable bonds is 9. The van der Waals surface area contributed by atoms with E-state index in [1.165, 1.54) is 5.69 Å². The minimum absolute atomic E-state index is 0.518. The molecule has 0 atom stereocenters. The third-order valence-electron chi connectivity index (χ3n) is 5.84. The Morgan fingerprint density at radius 3 is 2.35 bits per heavy atom. The molecule has 0 aliphatic carbocycles. The molecule has 0 radical (unpaired) electrons. The van der Waals surface area contributed by atoms with Gasteiger partial charge in [0, 0.05) is 61.2 Å². The second-order valence-electron chi connectivity index (χ2n) is 10.4. The quantitative estimate of drug-likeness (QED) is 0.420. The van der Waals surface area contributed by atoms with Crippen molar-refractivity contribution in [2.24, 2.45) is 5.92 Å². The molecule has 1 aliphatic rings.